The molecule has 1 atom stereocenters. The van der Waals surface area contributed by atoms with Crippen molar-refractivity contribution in [3.8, 4) is 0 Å². The van der Waals surface area contributed by atoms with E-state index in [2.05, 4.69) is 48.5 Å². The third-order valence-electron chi connectivity index (χ3n) is 5.19. The second kappa shape index (κ2) is 9.41. The summed E-state index contributed by atoms with van der Waals surface area (Å²) in [5.74, 6) is 0. The van der Waals surface area contributed by atoms with Gasteiger partial charge in [-0.2, -0.15) is 0 Å². The van der Waals surface area contributed by atoms with Crippen LogP contribution in [0, 0.1) is 0 Å². The zero-order valence-electron chi connectivity index (χ0n) is 15.1. The molecule has 0 aromatic heterocycles. The van der Waals surface area contributed by atoms with Gasteiger partial charge in [-0.15, -0.1) is 0 Å². The van der Waals surface area contributed by atoms with Crippen LogP contribution in [0.4, 0.5) is 0 Å². The van der Waals surface area contributed by atoms with Gasteiger partial charge in [0.25, 0.3) is 0 Å². The van der Waals surface area contributed by atoms with Crippen LogP contribution < -0.4 is 11.2 Å². The number of benzene rings is 1. The topological polar surface area (TPSA) is 41.3 Å². The molecule has 0 aliphatic carbocycles. The predicted molar refractivity (Wildman–Crippen MR) is 98.9 cm³/mol. The molecule has 0 spiro atoms. The second-order valence-electron chi connectivity index (χ2n) is 7.04. The fourth-order valence-corrected chi connectivity index (χ4v) is 3.38. The van der Waals surface area contributed by atoms with Crippen molar-refractivity contribution in [1.29, 1.82) is 0 Å². The molecule has 0 radical (unpaired) electrons. The summed E-state index contributed by atoms with van der Waals surface area (Å²) in [5, 5.41) is 2.22. The van der Waals surface area contributed by atoms with Crippen molar-refractivity contribution in [3.05, 3.63) is 35.4 Å². The van der Waals surface area contributed by atoms with Crippen molar-refractivity contribution in [2.45, 2.75) is 83.8 Å². The molecule has 0 bridgehead atoms. The quantitative estimate of drug-likeness (QED) is 0.630. The molecule has 0 saturated carbocycles. The molecule has 1 aromatic carbocycles. The van der Waals surface area contributed by atoms with E-state index in [0.717, 1.165) is 25.9 Å². The first-order valence-electron chi connectivity index (χ1n) is 9.56. The van der Waals surface area contributed by atoms with Crippen molar-refractivity contribution >= 4 is 0 Å². The van der Waals surface area contributed by atoms with E-state index in [9.17, 15) is 0 Å². The maximum absolute atomic E-state index is 6.46. The smallest absolute Gasteiger partial charge is 0.0834 e. The van der Waals surface area contributed by atoms with E-state index >= 15 is 0 Å². The SMILES string of the molecule is CCCCCCCCc1ccc(CN2NCCC2(N)CC)cc1. The Balaban J connectivity index is 1.74. The van der Waals surface area contributed by atoms with Gasteiger partial charge in [-0.05, 0) is 36.8 Å². The Hall–Kier alpha value is -0.900. The minimum atomic E-state index is -0.183. The van der Waals surface area contributed by atoms with E-state index in [0.29, 0.717) is 0 Å². The number of rotatable bonds is 10. The number of nitrogens with two attached hydrogens (primary N) is 1. The van der Waals surface area contributed by atoms with Crippen molar-refractivity contribution < 1.29 is 0 Å². The zero-order valence-corrected chi connectivity index (χ0v) is 15.1. The van der Waals surface area contributed by atoms with Crippen molar-refractivity contribution in [3.63, 3.8) is 0 Å². The molecule has 1 aliphatic rings. The molecular formula is C20H35N3. The lowest BCUT2D eigenvalue weighted by atomic mass is 10.0. The highest BCUT2D eigenvalue weighted by Gasteiger charge is 2.35. The Kier molecular flexibility index (Phi) is 7.54. The molecule has 1 fully saturated rings. The number of hydrogen-bond acceptors (Lipinski definition) is 3. The fraction of sp³-hybridized carbons (Fsp3) is 0.700. The van der Waals surface area contributed by atoms with Gasteiger partial charge in [0.05, 0.1) is 5.66 Å². The van der Waals surface area contributed by atoms with Crippen LogP contribution in [-0.2, 0) is 13.0 Å². The molecule has 1 unspecified atom stereocenters. The lowest BCUT2D eigenvalue weighted by molar-refractivity contribution is 0.0830. The Morgan fingerprint density at radius 2 is 1.65 bits per heavy atom. The molecule has 23 heavy (non-hydrogen) atoms. The van der Waals surface area contributed by atoms with E-state index < -0.39 is 0 Å². The third-order valence-corrected chi connectivity index (χ3v) is 5.19. The van der Waals surface area contributed by atoms with E-state index in [1.807, 2.05) is 0 Å². The van der Waals surface area contributed by atoms with Gasteiger partial charge in [-0.3, -0.25) is 5.43 Å². The summed E-state index contributed by atoms with van der Waals surface area (Å²) in [5.41, 5.74) is 12.5. The molecule has 3 heteroatoms. The van der Waals surface area contributed by atoms with Crippen LogP contribution in [0.15, 0.2) is 24.3 Å². The van der Waals surface area contributed by atoms with E-state index in [1.54, 1.807) is 0 Å². The Bertz CT molecular complexity index is 443. The lowest BCUT2D eigenvalue weighted by Crippen LogP contribution is -2.53. The van der Waals surface area contributed by atoms with Gasteiger partial charge in [0, 0.05) is 13.1 Å². The summed E-state index contributed by atoms with van der Waals surface area (Å²) in [6.07, 6.45) is 11.4. The number of nitrogens with zero attached hydrogens (tertiary/aromatic N) is 1. The van der Waals surface area contributed by atoms with E-state index in [1.165, 1.54) is 56.1 Å². The number of hydrazine groups is 1. The molecule has 1 aliphatic heterocycles. The number of nitrogens with one attached hydrogen (secondary N) is 1. The Morgan fingerprint density at radius 3 is 2.35 bits per heavy atom. The molecule has 130 valence electrons. The van der Waals surface area contributed by atoms with Gasteiger partial charge in [-0.1, -0.05) is 70.2 Å². The zero-order chi connectivity index (χ0) is 16.5. The molecular weight excluding hydrogens is 282 g/mol. The van der Waals surface area contributed by atoms with Crippen LogP contribution >= 0.6 is 0 Å². The van der Waals surface area contributed by atoms with Crippen LogP contribution in [-0.4, -0.2) is 17.2 Å². The summed E-state index contributed by atoms with van der Waals surface area (Å²) in [4.78, 5) is 0. The molecule has 2 rings (SSSR count). The van der Waals surface area contributed by atoms with E-state index in [-0.39, 0.29) is 5.66 Å². The van der Waals surface area contributed by atoms with Gasteiger partial charge in [0.15, 0.2) is 0 Å². The van der Waals surface area contributed by atoms with Crippen molar-refractivity contribution in [1.82, 2.24) is 10.4 Å². The van der Waals surface area contributed by atoms with Crippen LogP contribution in [0.25, 0.3) is 0 Å². The monoisotopic (exact) mass is 317 g/mol. The van der Waals surface area contributed by atoms with Crippen LogP contribution in [0.1, 0.15) is 76.3 Å². The average Bonchev–Trinajstić information content (AvgIpc) is 2.94. The maximum Gasteiger partial charge on any atom is 0.0834 e. The first kappa shape index (κ1) is 18.4. The minimum Gasteiger partial charge on any atom is -0.312 e. The largest absolute Gasteiger partial charge is 0.312 e. The highest BCUT2D eigenvalue weighted by atomic mass is 15.6. The minimum absolute atomic E-state index is 0.183. The summed E-state index contributed by atoms with van der Waals surface area (Å²) in [7, 11) is 0. The van der Waals surface area contributed by atoms with Crippen LogP contribution in [0.2, 0.25) is 0 Å². The third kappa shape index (κ3) is 5.59. The van der Waals surface area contributed by atoms with Gasteiger partial charge < -0.3 is 5.73 Å². The molecule has 1 saturated heterocycles. The summed E-state index contributed by atoms with van der Waals surface area (Å²) in [6, 6.07) is 9.12. The highest BCUT2D eigenvalue weighted by molar-refractivity contribution is 5.22. The fourth-order valence-electron chi connectivity index (χ4n) is 3.38. The number of unbranched alkanes of at least 4 members (excludes halogenated alkanes) is 5. The molecule has 3 nitrogen and oxygen atoms in total. The predicted octanol–water partition coefficient (Wildman–Crippen LogP) is 4.36. The highest BCUT2D eigenvalue weighted by Crippen LogP contribution is 2.23. The van der Waals surface area contributed by atoms with Gasteiger partial charge in [-0.25, -0.2) is 5.01 Å². The lowest BCUT2D eigenvalue weighted by Gasteiger charge is -2.33. The molecule has 1 heterocycles. The number of hydrogen-bond donors (Lipinski definition) is 2. The maximum atomic E-state index is 6.46. The second-order valence-corrected chi connectivity index (χ2v) is 7.04. The van der Waals surface area contributed by atoms with Crippen molar-refractivity contribution in [2.24, 2.45) is 5.73 Å². The van der Waals surface area contributed by atoms with Crippen LogP contribution in [0.3, 0.4) is 0 Å². The first-order chi connectivity index (χ1) is 11.2. The molecule has 1 aromatic rings. The normalized spacial score (nSPS) is 21.9. The standard InChI is InChI=1S/C20H35N3/c1-3-5-6-7-8-9-10-18-11-13-19(14-12-18)17-23-20(21,4-2)15-16-22-23/h11-14,22H,3-10,15-17,21H2,1-2H3. The van der Waals surface area contributed by atoms with Gasteiger partial charge >= 0.3 is 0 Å². The van der Waals surface area contributed by atoms with Gasteiger partial charge in [0.2, 0.25) is 0 Å². The molecule has 0 amide bonds. The Labute approximate surface area is 142 Å². The first-order valence-corrected chi connectivity index (χ1v) is 9.56. The number of aryl methyl sites for hydroxylation is 1. The Morgan fingerprint density at radius 1 is 1.00 bits per heavy atom. The molecule has 3 N–H and O–H groups in total. The van der Waals surface area contributed by atoms with Gasteiger partial charge in [0.1, 0.15) is 0 Å². The van der Waals surface area contributed by atoms with Crippen LogP contribution in [0.5, 0.6) is 0 Å². The summed E-state index contributed by atoms with van der Waals surface area (Å²) < 4.78 is 0. The summed E-state index contributed by atoms with van der Waals surface area (Å²) >= 11 is 0. The van der Waals surface area contributed by atoms with E-state index in [4.69, 9.17) is 5.73 Å². The summed E-state index contributed by atoms with van der Waals surface area (Å²) in [6.45, 7) is 6.32. The van der Waals surface area contributed by atoms with Crippen molar-refractivity contribution in [2.75, 3.05) is 6.54 Å². The average molecular weight is 318 g/mol.